The third-order valence-corrected chi connectivity index (χ3v) is 4.56. The van der Waals surface area contributed by atoms with E-state index in [0.717, 1.165) is 30.6 Å². The number of aliphatic hydroxyl groups is 1. The van der Waals surface area contributed by atoms with Crippen molar-refractivity contribution >= 4 is 0 Å². The molecule has 0 radical (unpaired) electrons. The molecule has 1 fully saturated rings. The average molecular weight is 356 g/mol. The first-order valence-electron chi connectivity index (χ1n) is 9.26. The Balaban J connectivity index is 1.48. The van der Waals surface area contributed by atoms with Gasteiger partial charge in [-0.2, -0.15) is 0 Å². The van der Waals surface area contributed by atoms with Gasteiger partial charge in [-0.1, -0.05) is 42.5 Å². The summed E-state index contributed by atoms with van der Waals surface area (Å²) in [5, 5.41) is 9.40. The molecule has 0 aromatic heterocycles. The standard InChI is InChI=1S/C22H28O4/c1-22(2)25-20(14-21(15-23)26-22)13-10-17-8-11-19(12-9-17)24-16-18-6-4-3-5-7-18/h3-9,11-12,20-21,23H,10,13-16H2,1-2H3/t20-,21+/m1/s1. The SMILES string of the molecule is CC1(C)O[C@H](CO)C[C@@H](CCc2ccc(OCc3ccccc3)cc2)O1. The zero-order valence-electron chi connectivity index (χ0n) is 15.6. The Bertz CT molecular complexity index is 666. The normalized spacial score (nSPS) is 22.1. The topological polar surface area (TPSA) is 47.9 Å². The molecular weight excluding hydrogens is 328 g/mol. The third-order valence-electron chi connectivity index (χ3n) is 4.56. The molecule has 2 atom stereocenters. The van der Waals surface area contributed by atoms with Crippen LogP contribution in [-0.2, 0) is 22.5 Å². The molecule has 26 heavy (non-hydrogen) atoms. The van der Waals surface area contributed by atoms with E-state index in [1.807, 2.05) is 44.2 Å². The molecule has 1 N–H and O–H groups in total. The molecular formula is C22H28O4. The minimum Gasteiger partial charge on any atom is -0.489 e. The lowest BCUT2D eigenvalue weighted by Crippen LogP contribution is -2.46. The quantitative estimate of drug-likeness (QED) is 0.811. The van der Waals surface area contributed by atoms with E-state index >= 15 is 0 Å². The third kappa shape index (κ3) is 5.56. The lowest BCUT2D eigenvalue weighted by atomic mass is 10.0. The molecule has 1 heterocycles. The molecule has 140 valence electrons. The predicted octanol–water partition coefficient (Wildman–Crippen LogP) is 4.10. The van der Waals surface area contributed by atoms with E-state index in [2.05, 4.69) is 24.3 Å². The molecule has 0 aliphatic carbocycles. The second kappa shape index (κ2) is 8.67. The van der Waals surface area contributed by atoms with Gasteiger partial charge in [0.05, 0.1) is 18.8 Å². The van der Waals surface area contributed by atoms with Crippen molar-refractivity contribution in [2.75, 3.05) is 6.61 Å². The fourth-order valence-electron chi connectivity index (χ4n) is 3.33. The van der Waals surface area contributed by atoms with E-state index in [9.17, 15) is 5.11 Å². The molecule has 1 saturated heterocycles. The van der Waals surface area contributed by atoms with Crippen molar-refractivity contribution in [1.82, 2.24) is 0 Å². The Morgan fingerprint density at radius 2 is 1.65 bits per heavy atom. The van der Waals surface area contributed by atoms with Crippen LogP contribution in [0.1, 0.15) is 37.8 Å². The number of rotatable bonds is 7. The summed E-state index contributed by atoms with van der Waals surface area (Å²) in [7, 11) is 0. The van der Waals surface area contributed by atoms with Gasteiger partial charge in [0.1, 0.15) is 12.4 Å². The van der Waals surface area contributed by atoms with Gasteiger partial charge in [0, 0.05) is 6.42 Å². The molecule has 4 nitrogen and oxygen atoms in total. The maximum Gasteiger partial charge on any atom is 0.163 e. The van der Waals surface area contributed by atoms with E-state index in [0.29, 0.717) is 6.61 Å². The first-order chi connectivity index (χ1) is 12.5. The molecule has 2 aromatic carbocycles. The molecule has 0 spiro atoms. The van der Waals surface area contributed by atoms with Crippen molar-refractivity contribution in [3.63, 3.8) is 0 Å². The second-order valence-electron chi connectivity index (χ2n) is 7.25. The highest BCUT2D eigenvalue weighted by Crippen LogP contribution is 2.29. The number of aryl methyl sites for hydroxylation is 1. The Hall–Kier alpha value is -1.88. The van der Waals surface area contributed by atoms with Crippen molar-refractivity contribution in [3.8, 4) is 5.75 Å². The number of aliphatic hydroxyl groups excluding tert-OH is 1. The van der Waals surface area contributed by atoms with Crippen molar-refractivity contribution in [1.29, 1.82) is 0 Å². The fourth-order valence-corrected chi connectivity index (χ4v) is 3.33. The largest absolute Gasteiger partial charge is 0.489 e. The van der Waals surface area contributed by atoms with Crippen LogP contribution in [0.15, 0.2) is 54.6 Å². The molecule has 3 rings (SSSR count). The lowest BCUT2D eigenvalue weighted by Gasteiger charge is -2.40. The van der Waals surface area contributed by atoms with Crippen molar-refractivity contribution in [2.45, 2.75) is 57.7 Å². The summed E-state index contributed by atoms with van der Waals surface area (Å²) in [4.78, 5) is 0. The van der Waals surface area contributed by atoms with Crippen LogP contribution in [0, 0.1) is 0 Å². The van der Waals surface area contributed by atoms with E-state index in [-0.39, 0.29) is 18.8 Å². The zero-order valence-corrected chi connectivity index (χ0v) is 15.6. The Labute approximate surface area is 155 Å². The monoisotopic (exact) mass is 356 g/mol. The van der Waals surface area contributed by atoms with Crippen LogP contribution in [0.2, 0.25) is 0 Å². The van der Waals surface area contributed by atoms with Crippen LogP contribution in [0.25, 0.3) is 0 Å². The lowest BCUT2D eigenvalue weighted by molar-refractivity contribution is -0.304. The molecule has 1 aliphatic heterocycles. The maximum atomic E-state index is 9.40. The number of benzene rings is 2. The molecule has 1 aliphatic rings. The minimum absolute atomic E-state index is 0.0384. The molecule has 2 aromatic rings. The highest BCUT2D eigenvalue weighted by Gasteiger charge is 2.34. The van der Waals surface area contributed by atoms with Crippen LogP contribution >= 0.6 is 0 Å². The summed E-state index contributed by atoms with van der Waals surface area (Å²) in [5.74, 6) is 0.243. The number of hydrogen-bond donors (Lipinski definition) is 1. The summed E-state index contributed by atoms with van der Waals surface area (Å²) in [5.41, 5.74) is 2.42. The van der Waals surface area contributed by atoms with Gasteiger partial charge in [-0.25, -0.2) is 0 Å². The van der Waals surface area contributed by atoms with Gasteiger partial charge in [0.2, 0.25) is 0 Å². The van der Waals surface area contributed by atoms with Gasteiger partial charge in [-0.15, -0.1) is 0 Å². The molecule has 4 heteroatoms. The van der Waals surface area contributed by atoms with Gasteiger partial charge in [0.25, 0.3) is 0 Å². The first-order valence-corrected chi connectivity index (χ1v) is 9.26. The van der Waals surface area contributed by atoms with Gasteiger partial charge in [0.15, 0.2) is 5.79 Å². The minimum atomic E-state index is -0.633. The van der Waals surface area contributed by atoms with Crippen molar-refractivity contribution in [2.24, 2.45) is 0 Å². The Morgan fingerprint density at radius 3 is 2.35 bits per heavy atom. The number of hydrogen-bond acceptors (Lipinski definition) is 4. The Kier molecular flexibility index (Phi) is 6.30. The Morgan fingerprint density at radius 1 is 0.962 bits per heavy atom. The van der Waals surface area contributed by atoms with Crippen LogP contribution < -0.4 is 4.74 Å². The van der Waals surface area contributed by atoms with Crippen LogP contribution in [0.5, 0.6) is 5.75 Å². The zero-order chi connectivity index (χ0) is 18.4. The van der Waals surface area contributed by atoms with Crippen LogP contribution in [-0.4, -0.2) is 29.7 Å². The van der Waals surface area contributed by atoms with Crippen LogP contribution in [0.4, 0.5) is 0 Å². The highest BCUT2D eigenvalue weighted by atomic mass is 16.7. The average Bonchev–Trinajstić information content (AvgIpc) is 2.65. The summed E-state index contributed by atoms with van der Waals surface area (Å²) < 4.78 is 17.5. The van der Waals surface area contributed by atoms with Gasteiger partial charge < -0.3 is 19.3 Å². The highest BCUT2D eigenvalue weighted by molar-refractivity contribution is 5.28. The van der Waals surface area contributed by atoms with Gasteiger partial charge in [-0.3, -0.25) is 0 Å². The summed E-state index contributed by atoms with van der Waals surface area (Å²) in [6.45, 7) is 4.42. The maximum absolute atomic E-state index is 9.40. The number of ether oxygens (including phenoxy) is 3. The molecule has 0 unspecified atom stereocenters. The molecule has 0 bridgehead atoms. The van der Waals surface area contributed by atoms with E-state index in [1.165, 1.54) is 5.56 Å². The second-order valence-corrected chi connectivity index (χ2v) is 7.25. The summed E-state index contributed by atoms with van der Waals surface area (Å²) in [6.07, 6.45) is 2.53. The van der Waals surface area contributed by atoms with E-state index in [4.69, 9.17) is 14.2 Å². The summed E-state index contributed by atoms with van der Waals surface area (Å²) in [6, 6.07) is 18.4. The van der Waals surface area contributed by atoms with E-state index < -0.39 is 5.79 Å². The molecule has 0 amide bonds. The van der Waals surface area contributed by atoms with E-state index in [1.54, 1.807) is 0 Å². The first kappa shape index (κ1) is 18.9. The molecule has 0 saturated carbocycles. The van der Waals surface area contributed by atoms with Gasteiger partial charge >= 0.3 is 0 Å². The fraction of sp³-hybridized carbons (Fsp3) is 0.455. The van der Waals surface area contributed by atoms with Crippen molar-refractivity contribution < 1.29 is 19.3 Å². The van der Waals surface area contributed by atoms with Crippen molar-refractivity contribution in [3.05, 3.63) is 65.7 Å². The summed E-state index contributed by atoms with van der Waals surface area (Å²) >= 11 is 0. The van der Waals surface area contributed by atoms with Gasteiger partial charge in [-0.05, 0) is 49.9 Å². The smallest absolute Gasteiger partial charge is 0.163 e. The van der Waals surface area contributed by atoms with Crippen LogP contribution in [0.3, 0.4) is 0 Å². The predicted molar refractivity (Wildman–Crippen MR) is 101 cm³/mol.